The molecule has 4 rings (SSSR count). The van der Waals surface area contributed by atoms with Gasteiger partial charge in [0.2, 0.25) is 0 Å². The van der Waals surface area contributed by atoms with Crippen LogP contribution in [-0.4, -0.2) is 9.51 Å². The van der Waals surface area contributed by atoms with Crippen molar-refractivity contribution >= 4 is 16.3 Å². The smallest absolute Gasteiger partial charge is 0.123 e. The Kier molecular flexibility index (Phi) is 3.81. The Balaban J connectivity index is 2.19. The lowest BCUT2D eigenvalue weighted by atomic mass is 9.95. The molecule has 0 unspecified atom stereocenters. The zero-order valence-corrected chi connectivity index (χ0v) is 14.3. The SMILES string of the molecule is CC(C)c1c(CO)c(-c2ccc(F)cc2)n2ccc3ccccc3c12. The number of hydrogen-bond donors (Lipinski definition) is 1. The molecule has 2 aromatic carbocycles. The van der Waals surface area contributed by atoms with Gasteiger partial charge in [0, 0.05) is 17.1 Å². The van der Waals surface area contributed by atoms with Gasteiger partial charge in [-0.25, -0.2) is 4.39 Å². The molecule has 1 N–H and O–H groups in total. The molecule has 2 heterocycles. The first-order chi connectivity index (χ1) is 12.1. The van der Waals surface area contributed by atoms with Crippen molar-refractivity contribution in [3.05, 3.63) is 77.7 Å². The maximum absolute atomic E-state index is 13.4. The highest BCUT2D eigenvalue weighted by atomic mass is 19.1. The molecule has 126 valence electrons. The second kappa shape index (κ2) is 6.01. The molecule has 0 radical (unpaired) electrons. The predicted octanol–water partition coefficient (Wildman–Crippen LogP) is 5.51. The van der Waals surface area contributed by atoms with Crippen LogP contribution in [-0.2, 0) is 6.61 Å². The molecule has 0 aliphatic heterocycles. The van der Waals surface area contributed by atoms with E-state index in [1.807, 2.05) is 18.3 Å². The fourth-order valence-corrected chi connectivity index (χ4v) is 3.80. The Hall–Kier alpha value is -2.65. The second-order valence-corrected chi connectivity index (χ2v) is 6.68. The van der Waals surface area contributed by atoms with Crippen LogP contribution in [0.1, 0.15) is 30.9 Å². The fourth-order valence-electron chi connectivity index (χ4n) is 3.80. The summed E-state index contributed by atoms with van der Waals surface area (Å²) in [6.45, 7) is 4.24. The Labute approximate surface area is 146 Å². The summed E-state index contributed by atoms with van der Waals surface area (Å²) in [5.41, 5.74) is 5.03. The number of rotatable bonds is 3. The van der Waals surface area contributed by atoms with Gasteiger partial charge < -0.3 is 9.51 Å². The number of halogens is 1. The molecule has 0 saturated carbocycles. The molecular formula is C22H20FNO. The Bertz CT molecular complexity index is 1060. The molecule has 0 bridgehead atoms. The van der Waals surface area contributed by atoms with E-state index in [-0.39, 0.29) is 18.3 Å². The molecule has 0 aliphatic carbocycles. The number of nitrogens with zero attached hydrogens (tertiary/aromatic N) is 1. The molecule has 0 spiro atoms. The molecule has 3 heteroatoms. The zero-order chi connectivity index (χ0) is 17.6. The number of aliphatic hydroxyl groups excluding tert-OH is 1. The quantitative estimate of drug-likeness (QED) is 0.525. The average molecular weight is 333 g/mol. The highest BCUT2D eigenvalue weighted by molar-refractivity contribution is 6.00. The molecule has 0 atom stereocenters. The maximum atomic E-state index is 13.4. The van der Waals surface area contributed by atoms with E-state index in [9.17, 15) is 9.50 Å². The Morgan fingerprint density at radius 1 is 1.00 bits per heavy atom. The summed E-state index contributed by atoms with van der Waals surface area (Å²) < 4.78 is 15.5. The van der Waals surface area contributed by atoms with Crippen molar-refractivity contribution in [1.29, 1.82) is 0 Å². The summed E-state index contributed by atoms with van der Waals surface area (Å²) in [5.74, 6) is 0.00171. The van der Waals surface area contributed by atoms with E-state index in [4.69, 9.17) is 0 Å². The number of aromatic nitrogens is 1. The number of pyridine rings is 1. The molecule has 0 aliphatic rings. The molecular weight excluding hydrogens is 313 g/mol. The summed E-state index contributed by atoms with van der Waals surface area (Å²) in [4.78, 5) is 0. The standard InChI is InChI=1S/C22H20FNO/c1-14(2)20-19(13-25)21(16-7-9-17(23)10-8-16)24-12-11-15-5-3-4-6-18(15)22(20)24/h3-12,14,25H,13H2,1-2H3. The van der Waals surface area contributed by atoms with Crippen molar-refractivity contribution in [2.24, 2.45) is 0 Å². The number of benzene rings is 2. The van der Waals surface area contributed by atoms with E-state index in [1.165, 1.54) is 17.5 Å². The second-order valence-electron chi connectivity index (χ2n) is 6.68. The molecule has 25 heavy (non-hydrogen) atoms. The van der Waals surface area contributed by atoms with Gasteiger partial charge in [-0.1, -0.05) is 38.1 Å². The highest BCUT2D eigenvalue weighted by Crippen LogP contribution is 2.39. The van der Waals surface area contributed by atoms with Gasteiger partial charge in [0.15, 0.2) is 0 Å². The Morgan fingerprint density at radius 3 is 2.40 bits per heavy atom. The topological polar surface area (TPSA) is 24.6 Å². The molecule has 4 aromatic rings. The maximum Gasteiger partial charge on any atom is 0.123 e. The van der Waals surface area contributed by atoms with Gasteiger partial charge >= 0.3 is 0 Å². The first kappa shape index (κ1) is 15.9. The molecule has 0 fully saturated rings. The van der Waals surface area contributed by atoms with Crippen molar-refractivity contribution in [3.63, 3.8) is 0 Å². The number of aliphatic hydroxyl groups is 1. The Morgan fingerprint density at radius 2 is 1.72 bits per heavy atom. The molecule has 0 amide bonds. The van der Waals surface area contributed by atoms with Gasteiger partial charge in [0.25, 0.3) is 0 Å². The molecule has 0 saturated heterocycles. The number of fused-ring (bicyclic) bond motifs is 3. The first-order valence-corrected chi connectivity index (χ1v) is 8.53. The minimum Gasteiger partial charge on any atom is -0.392 e. The van der Waals surface area contributed by atoms with Gasteiger partial charge in [0.05, 0.1) is 17.8 Å². The summed E-state index contributed by atoms with van der Waals surface area (Å²) in [6, 6.07) is 16.8. The largest absolute Gasteiger partial charge is 0.392 e. The van der Waals surface area contributed by atoms with Gasteiger partial charge in [-0.3, -0.25) is 0 Å². The summed E-state index contributed by atoms with van der Waals surface area (Å²) in [7, 11) is 0. The zero-order valence-electron chi connectivity index (χ0n) is 14.3. The molecule has 2 aromatic heterocycles. The van der Waals surface area contributed by atoms with Crippen LogP contribution >= 0.6 is 0 Å². The van der Waals surface area contributed by atoms with Crippen molar-refractivity contribution in [2.45, 2.75) is 26.4 Å². The summed E-state index contributed by atoms with van der Waals surface area (Å²) in [6.07, 6.45) is 2.04. The van der Waals surface area contributed by atoms with Crippen LogP contribution in [0.5, 0.6) is 0 Å². The van der Waals surface area contributed by atoms with Crippen molar-refractivity contribution in [2.75, 3.05) is 0 Å². The van der Waals surface area contributed by atoms with Crippen LogP contribution in [0, 0.1) is 5.82 Å². The van der Waals surface area contributed by atoms with E-state index in [1.54, 1.807) is 12.1 Å². The third-order valence-corrected chi connectivity index (χ3v) is 4.82. The van der Waals surface area contributed by atoms with Crippen LogP contribution in [0.25, 0.3) is 27.5 Å². The summed E-state index contributed by atoms with van der Waals surface area (Å²) in [5, 5.41) is 12.5. The lowest BCUT2D eigenvalue weighted by Crippen LogP contribution is -1.94. The van der Waals surface area contributed by atoms with Gasteiger partial charge in [-0.05, 0) is 52.8 Å². The van der Waals surface area contributed by atoms with E-state index >= 15 is 0 Å². The third-order valence-electron chi connectivity index (χ3n) is 4.82. The van der Waals surface area contributed by atoms with Gasteiger partial charge in [-0.2, -0.15) is 0 Å². The highest BCUT2D eigenvalue weighted by Gasteiger charge is 2.22. The van der Waals surface area contributed by atoms with Crippen LogP contribution in [0.4, 0.5) is 4.39 Å². The van der Waals surface area contributed by atoms with Crippen LogP contribution < -0.4 is 0 Å². The normalized spacial score (nSPS) is 11.7. The van der Waals surface area contributed by atoms with E-state index in [0.717, 1.165) is 33.3 Å². The molecule has 2 nitrogen and oxygen atoms in total. The van der Waals surface area contributed by atoms with E-state index in [0.29, 0.717) is 0 Å². The number of hydrogen-bond acceptors (Lipinski definition) is 1. The fraction of sp³-hybridized carbons (Fsp3) is 0.182. The third kappa shape index (κ3) is 2.43. The minimum absolute atomic E-state index is 0.0454. The van der Waals surface area contributed by atoms with Gasteiger partial charge in [0.1, 0.15) is 5.82 Å². The van der Waals surface area contributed by atoms with E-state index < -0.39 is 0 Å². The van der Waals surface area contributed by atoms with Crippen LogP contribution in [0.2, 0.25) is 0 Å². The van der Waals surface area contributed by atoms with Crippen LogP contribution in [0.3, 0.4) is 0 Å². The van der Waals surface area contributed by atoms with Crippen molar-refractivity contribution in [3.8, 4) is 11.3 Å². The average Bonchev–Trinajstić information content (AvgIpc) is 2.97. The predicted molar refractivity (Wildman–Crippen MR) is 100 cm³/mol. The lowest BCUT2D eigenvalue weighted by molar-refractivity contribution is 0.281. The van der Waals surface area contributed by atoms with Crippen molar-refractivity contribution in [1.82, 2.24) is 4.40 Å². The van der Waals surface area contributed by atoms with Crippen LogP contribution in [0.15, 0.2) is 60.8 Å². The summed E-state index contributed by atoms with van der Waals surface area (Å²) >= 11 is 0. The monoisotopic (exact) mass is 333 g/mol. The van der Waals surface area contributed by atoms with Gasteiger partial charge in [-0.15, -0.1) is 0 Å². The first-order valence-electron chi connectivity index (χ1n) is 8.53. The van der Waals surface area contributed by atoms with E-state index in [2.05, 4.69) is 36.4 Å². The lowest BCUT2D eigenvalue weighted by Gasteiger charge is -2.09. The van der Waals surface area contributed by atoms with Crippen molar-refractivity contribution < 1.29 is 9.50 Å². The minimum atomic E-state index is -0.260.